The van der Waals surface area contributed by atoms with Gasteiger partial charge in [0.05, 0.1) is 23.5 Å². The predicted octanol–water partition coefficient (Wildman–Crippen LogP) is 2.93. The van der Waals surface area contributed by atoms with Crippen LogP contribution in [0.25, 0.3) is 11.0 Å². The molecule has 1 saturated heterocycles. The summed E-state index contributed by atoms with van der Waals surface area (Å²) in [7, 11) is 0. The van der Waals surface area contributed by atoms with Crippen molar-refractivity contribution in [2.45, 2.75) is 0 Å². The molecule has 1 unspecified atom stereocenters. The summed E-state index contributed by atoms with van der Waals surface area (Å²) in [5, 5.41) is 0.973. The van der Waals surface area contributed by atoms with Crippen LogP contribution in [0.4, 0.5) is 5.69 Å². The van der Waals surface area contributed by atoms with Gasteiger partial charge in [-0.2, -0.15) is 0 Å². The third-order valence-electron chi connectivity index (χ3n) is 3.78. The van der Waals surface area contributed by atoms with E-state index in [-0.39, 0.29) is 11.7 Å². The molecular formula is C16H14N4OS. The van der Waals surface area contributed by atoms with Crippen molar-refractivity contribution in [3.8, 4) is 0 Å². The lowest BCUT2D eigenvalue weighted by Crippen LogP contribution is -2.22. The van der Waals surface area contributed by atoms with Gasteiger partial charge in [0.15, 0.2) is 5.78 Å². The summed E-state index contributed by atoms with van der Waals surface area (Å²) in [4.78, 5) is 24.2. The molecule has 1 atom stereocenters. The molecule has 110 valence electrons. The fourth-order valence-electron chi connectivity index (χ4n) is 2.64. The van der Waals surface area contributed by atoms with Gasteiger partial charge in [0.25, 0.3) is 0 Å². The van der Waals surface area contributed by atoms with Crippen LogP contribution >= 0.6 is 11.9 Å². The Balaban J connectivity index is 1.54. The second-order valence-electron chi connectivity index (χ2n) is 5.25. The van der Waals surface area contributed by atoms with Crippen LogP contribution < -0.4 is 4.31 Å². The maximum absolute atomic E-state index is 12.7. The molecular weight excluding hydrogens is 296 g/mol. The van der Waals surface area contributed by atoms with Gasteiger partial charge >= 0.3 is 0 Å². The normalized spacial score (nSPS) is 18.0. The minimum atomic E-state index is -0.0155. The Kier molecular flexibility index (Phi) is 3.31. The lowest BCUT2D eigenvalue weighted by atomic mass is 10.0. The standard InChI is InChI=1S/C16H14N4OS/c21-15(14-7-11-3-1-6-18-16(11)19-14)12-9-20(22-10-12)13-4-2-5-17-8-13/h1-8,12H,9-10H2,(H,18,19). The number of hydrogen-bond donors (Lipinski definition) is 1. The summed E-state index contributed by atoms with van der Waals surface area (Å²) in [6.45, 7) is 0.706. The monoisotopic (exact) mass is 310 g/mol. The van der Waals surface area contributed by atoms with Crippen molar-refractivity contribution in [1.82, 2.24) is 15.0 Å². The molecule has 0 aliphatic carbocycles. The number of Topliss-reactive ketones (excluding diaryl/α,β-unsaturated/α-hetero) is 1. The van der Waals surface area contributed by atoms with Crippen LogP contribution in [0.3, 0.4) is 0 Å². The number of nitrogens with zero attached hydrogens (tertiary/aromatic N) is 3. The molecule has 3 aromatic rings. The fraction of sp³-hybridized carbons (Fsp3) is 0.188. The Morgan fingerprint density at radius 1 is 1.32 bits per heavy atom. The van der Waals surface area contributed by atoms with E-state index in [0.29, 0.717) is 12.2 Å². The fourth-order valence-corrected chi connectivity index (χ4v) is 3.79. The molecule has 4 heterocycles. The largest absolute Gasteiger partial charge is 0.337 e. The number of rotatable bonds is 3. The van der Waals surface area contributed by atoms with Crippen molar-refractivity contribution in [2.75, 3.05) is 16.6 Å². The number of pyridine rings is 2. The van der Waals surface area contributed by atoms with E-state index in [0.717, 1.165) is 22.5 Å². The van der Waals surface area contributed by atoms with E-state index in [1.54, 1.807) is 24.3 Å². The first-order valence-electron chi connectivity index (χ1n) is 7.10. The molecule has 6 heteroatoms. The highest BCUT2D eigenvalue weighted by molar-refractivity contribution is 8.00. The second kappa shape index (κ2) is 5.46. The number of carbonyl (C=O) groups is 1. The number of hydrogen-bond acceptors (Lipinski definition) is 5. The first-order valence-corrected chi connectivity index (χ1v) is 8.04. The zero-order chi connectivity index (χ0) is 14.9. The molecule has 4 rings (SSSR count). The zero-order valence-corrected chi connectivity index (χ0v) is 12.6. The quantitative estimate of drug-likeness (QED) is 0.595. The number of aromatic nitrogens is 3. The van der Waals surface area contributed by atoms with Gasteiger partial charge in [-0.1, -0.05) is 0 Å². The van der Waals surface area contributed by atoms with Gasteiger partial charge in [0.1, 0.15) is 5.65 Å². The Labute approximate surface area is 131 Å². The topological polar surface area (TPSA) is 61.9 Å². The average molecular weight is 310 g/mol. The number of fused-ring (bicyclic) bond motifs is 1. The molecule has 1 fully saturated rings. The third kappa shape index (κ3) is 2.35. The number of aromatic amines is 1. The molecule has 1 aliphatic rings. The number of ketones is 1. The molecule has 0 bridgehead atoms. The Morgan fingerprint density at radius 2 is 2.23 bits per heavy atom. The SMILES string of the molecule is O=C(c1cc2cccnc2[nH]1)C1CSN(c2cccnc2)C1. The van der Waals surface area contributed by atoms with Crippen LogP contribution in [0.2, 0.25) is 0 Å². The van der Waals surface area contributed by atoms with Crippen LogP contribution in [0.15, 0.2) is 48.9 Å². The van der Waals surface area contributed by atoms with Crippen molar-refractivity contribution >= 4 is 34.5 Å². The number of H-pyrrole nitrogens is 1. The highest BCUT2D eigenvalue weighted by Gasteiger charge is 2.31. The molecule has 1 N–H and O–H groups in total. The van der Waals surface area contributed by atoms with Crippen LogP contribution in [-0.4, -0.2) is 33.0 Å². The smallest absolute Gasteiger partial charge is 0.184 e. The van der Waals surface area contributed by atoms with Crippen molar-refractivity contribution in [1.29, 1.82) is 0 Å². The van der Waals surface area contributed by atoms with E-state index in [4.69, 9.17) is 0 Å². The number of anilines is 1. The van der Waals surface area contributed by atoms with Crippen molar-refractivity contribution < 1.29 is 4.79 Å². The van der Waals surface area contributed by atoms with Gasteiger partial charge in [-0.05, 0) is 42.3 Å². The van der Waals surface area contributed by atoms with E-state index in [1.165, 1.54) is 0 Å². The first-order chi connectivity index (χ1) is 10.8. The summed E-state index contributed by atoms with van der Waals surface area (Å²) in [6.07, 6.45) is 5.31. The van der Waals surface area contributed by atoms with Gasteiger partial charge in [0.2, 0.25) is 0 Å². The van der Waals surface area contributed by atoms with Crippen molar-refractivity contribution in [2.24, 2.45) is 5.92 Å². The van der Waals surface area contributed by atoms with E-state index in [1.807, 2.05) is 36.5 Å². The van der Waals surface area contributed by atoms with Crippen LogP contribution in [0.1, 0.15) is 10.5 Å². The molecule has 3 aromatic heterocycles. The van der Waals surface area contributed by atoms with E-state index in [9.17, 15) is 4.79 Å². The van der Waals surface area contributed by atoms with Crippen LogP contribution in [0, 0.1) is 5.92 Å². The maximum Gasteiger partial charge on any atom is 0.184 e. The summed E-state index contributed by atoms with van der Waals surface area (Å²) in [6, 6.07) is 9.65. The third-order valence-corrected chi connectivity index (χ3v) is 5.00. The molecule has 1 aliphatic heterocycles. The van der Waals surface area contributed by atoms with Crippen molar-refractivity contribution in [3.05, 3.63) is 54.6 Å². The van der Waals surface area contributed by atoms with Gasteiger partial charge in [0, 0.05) is 30.1 Å². The second-order valence-corrected chi connectivity index (χ2v) is 6.29. The number of nitrogens with one attached hydrogen (secondary N) is 1. The highest BCUT2D eigenvalue weighted by Crippen LogP contribution is 2.32. The molecule has 0 saturated carbocycles. The van der Waals surface area contributed by atoms with Crippen LogP contribution in [0.5, 0.6) is 0 Å². The summed E-state index contributed by atoms with van der Waals surface area (Å²) in [5.41, 5.74) is 2.45. The van der Waals surface area contributed by atoms with Gasteiger partial charge < -0.3 is 9.29 Å². The minimum absolute atomic E-state index is 0.0155. The minimum Gasteiger partial charge on any atom is -0.337 e. The molecule has 0 spiro atoms. The molecule has 5 nitrogen and oxygen atoms in total. The lowest BCUT2D eigenvalue weighted by Gasteiger charge is -2.15. The highest BCUT2D eigenvalue weighted by atomic mass is 32.2. The Morgan fingerprint density at radius 3 is 3.05 bits per heavy atom. The lowest BCUT2D eigenvalue weighted by molar-refractivity contribution is 0.0936. The molecule has 0 amide bonds. The van der Waals surface area contributed by atoms with Gasteiger partial charge in [-0.15, -0.1) is 0 Å². The summed E-state index contributed by atoms with van der Waals surface area (Å²) >= 11 is 1.68. The van der Waals surface area contributed by atoms with Gasteiger partial charge in [-0.25, -0.2) is 4.98 Å². The van der Waals surface area contributed by atoms with E-state index in [2.05, 4.69) is 19.3 Å². The van der Waals surface area contributed by atoms with Crippen molar-refractivity contribution in [3.63, 3.8) is 0 Å². The Hall–Kier alpha value is -2.34. The average Bonchev–Trinajstić information content (AvgIpc) is 3.22. The molecule has 0 radical (unpaired) electrons. The first kappa shape index (κ1) is 13.3. The molecule has 22 heavy (non-hydrogen) atoms. The Bertz CT molecular complexity index is 784. The zero-order valence-electron chi connectivity index (χ0n) is 11.8. The maximum atomic E-state index is 12.7. The number of carbonyl (C=O) groups excluding carboxylic acids is 1. The summed E-state index contributed by atoms with van der Waals surface area (Å²) < 4.78 is 2.14. The van der Waals surface area contributed by atoms with E-state index < -0.39 is 0 Å². The van der Waals surface area contributed by atoms with E-state index >= 15 is 0 Å². The predicted molar refractivity (Wildman–Crippen MR) is 88.0 cm³/mol. The summed E-state index contributed by atoms with van der Waals surface area (Å²) in [5.74, 6) is 0.923. The van der Waals surface area contributed by atoms with Crippen LogP contribution in [-0.2, 0) is 0 Å². The molecule has 0 aromatic carbocycles. The van der Waals surface area contributed by atoms with Gasteiger partial charge in [-0.3, -0.25) is 9.78 Å².